The van der Waals surface area contributed by atoms with E-state index in [9.17, 15) is 0 Å². The SMILES string of the molecule is CC(C)CNCOC(C)C.CC(C)COOCOCOC(C)(C)C.CC(C)OCNCOC(C)C.CC(C)OCNCOCOC(C)C.CC(C)OCOCOC(C)C. The molecule has 16 nitrogen and oxygen atoms in total. The highest BCUT2D eigenvalue weighted by Gasteiger charge is 2.09. The quantitative estimate of drug-likeness (QED) is 0.0256. The van der Waals surface area contributed by atoms with E-state index in [1.807, 2.05) is 132 Å². The van der Waals surface area contributed by atoms with Crippen molar-refractivity contribution in [2.45, 2.75) is 194 Å². The number of hydrogen-bond donors (Lipinski definition) is 3. The van der Waals surface area contributed by atoms with E-state index >= 15 is 0 Å². The zero-order valence-corrected chi connectivity index (χ0v) is 42.0. The number of nitrogens with one attached hydrogen (secondary N) is 3. The average Bonchev–Trinajstić information content (AvgIpc) is 3.08. The van der Waals surface area contributed by atoms with E-state index in [0.717, 1.165) is 6.54 Å². The van der Waals surface area contributed by atoms with Crippen LogP contribution in [0.5, 0.6) is 0 Å². The molecule has 0 unspecified atom stereocenters. The zero-order chi connectivity index (χ0) is 46.5. The van der Waals surface area contributed by atoms with Gasteiger partial charge in [0.05, 0.1) is 81.9 Å². The predicted molar refractivity (Wildman–Crippen MR) is 237 cm³/mol. The van der Waals surface area contributed by atoms with Gasteiger partial charge in [-0.05, 0) is 136 Å². The highest BCUT2D eigenvalue weighted by atomic mass is 17.2. The van der Waals surface area contributed by atoms with Gasteiger partial charge < -0.3 is 52.1 Å². The minimum absolute atomic E-state index is 0.100. The van der Waals surface area contributed by atoms with Crippen LogP contribution in [0.15, 0.2) is 0 Å². The molecule has 0 radical (unpaired) electrons. The monoisotopic (exact) mass is 866 g/mol. The van der Waals surface area contributed by atoms with Crippen molar-refractivity contribution in [3.8, 4) is 0 Å². The first-order chi connectivity index (χ1) is 27.4. The Kier molecular flexibility index (Phi) is 57.2. The van der Waals surface area contributed by atoms with Crippen LogP contribution in [0.25, 0.3) is 0 Å². The lowest BCUT2D eigenvalue weighted by Crippen LogP contribution is -2.25. The lowest BCUT2D eigenvalue weighted by Gasteiger charge is -2.18. The maximum absolute atomic E-state index is 5.30. The topological polar surface area (TPSA) is 156 Å². The molecule has 0 heterocycles. The van der Waals surface area contributed by atoms with Crippen molar-refractivity contribution in [3.05, 3.63) is 0 Å². The first-order valence-corrected chi connectivity index (χ1v) is 21.5. The van der Waals surface area contributed by atoms with Crippen molar-refractivity contribution in [1.82, 2.24) is 16.0 Å². The molecule has 0 aromatic rings. The van der Waals surface area contributed by atoms with Crippen LogP contribution < -0.4 is 16.0 Å². The lowest BCUT2D eigenvalue weighted by molar-refractivity contribution is -0.350. The van der Waals surface area contributed by atoms with Gasteiger partial charge in [0.15, 0.2) is 6.79 Å². The first-order valence-electron chi connectivity index (χ1n) is 21.5. The molecule has 16 heteroatoms. The fourth-order valence-corrected chi connectivity index (χ4v) is 2.54. The number of ether oxygens (including phenoxy) is 11. The van der Waals surface area contributed by atoms with Crippen LogP contribution in [0.4, 0.5) is 0 Å². The van der Waals surface area contributed by atoms with E-state index in [-0.39, 0.29) is 55.8 Å². The standard InChI is InChI=1S/C10H22O4.C9H21NO3.C8H19NO2.C8H19NO.C8H18O3/c1-9(2)6-13-14-8-11-7-12-10(3,4)5;1-8(2)12-6-10-5-11-7-13-9(3)4;1-7(2)10-5-9-6-11-8(3)4;1-7(2)5-9-6-10-8(3)4;1-7(2)10-5-9-6-11-8(3)4/h9H,6-8H2,1-5H3;8-10H,5-7H2,1-4H3;7-9H,5-6H2,1-4H3;7-9H,5-6H2,1-4H3;7-8H,5-6H2,1-4H3. The summed E-state index contributed by atoms with van der Waals surface area (Å²) in [5.41, 5.74) is -0.182. The summed E-state index contributed by atoms with van der Waals surface area (Å²) in [6, 6.07) is 0. The normalized spacial score (nSPS) is 11.7. The average molecular weight is 866 g/mol. The van der Waals surface area contributed by atoms with Crippen LogP contribution in [0.1, 0.15) is 145 Å². The van der Waals surface area contributed by atoms with E-state index in [4.69, 9.17) is 61.9 Å². The minimum atomic E-state index is -0.182. The summed E-state index contributed by atoms with van der Waals surface area (Å²) in [5.74, 6) is 1.16. The molecule has 3 N–H and O–H groups in total. The van der Waals surface area contributed by atoms with Crippen LogP contribution in [-0.2, 0) is 61.9 Å². The molecule has 0 saturated heterocycles. The fourth-order valence-electron chi connectivity index (χ4n) is 2.54. The highest BCUT2D eigenvalue weighted by molar-refractivity contribution is 4.56. The van der Waals surface area contributed by atoms with Gasteiger partial charge in [-0.25, -0.2) is 9.78 Å². The molecule has 0 saturated carbocycles. The summed E-state index contributed by atoms with van der Waals surface area (Å²) in [6.07, 6.45) is 1.79. The summed E-state index contributed by atoms with van der Waals surface area (Å²) in [5, 5.41) is 9.16. The van der Waals surface area contributed by atoms with Gasteiger partial charge in [0.2, 0.25) is 0 Å². The molecule has 0 aliphatic carbocycles. The third-order valence-electron chi connectivity index (χ3n) is 5.48. The molecule has 0 atom stereocenters. The summed E-state index contributed by atoms with van der Waals surface area (Å²) < 4.78 is 56.8. The van der Waals surface area contributed by atoms with Crippen LogP contribution in [0, 0.1) is 11.8 Å². The van der Waals surface area contributed by atoms with E-state index in [0.29, 0.717) is 78.6 Å². The highest BCUT2D eigenvalue weighted by Crippen LogP contribution is 2.06. The maximum Gasteiger partial charge on any atom is 0.183 e. The van der Waals surface area contributed by atoms with Gasteiger partial charge in [0, 0.05) is 0 Å². The van der Waals surface area contributed by atoms with Gasteiger partial charge in [-0.2, -0.15) is 0 Å². The van der Waals surface area contributed by atoms with Crippen molar-refractivity contribution in [2.24, 2.45) is 11.8 Å². The molecule has 0 amide bonds. The summed E-state index contributed by atoms with van der Waals surface area (Å²) in [6.45, 7) is 47.9. The summed E-state index contributed by atoms with van der Waals surface area (Å²) in [7, 11) is 0. The largest absolute Gasteiger partial charge is 0.364 e. The van der Waals surface area contributed by atoms with E-state index in [2.05, 4.69) is 29.8 Å². The van der Waals surface area contributed by atoms with Crippen molar-refractivity contribution in [3.63, 3.8) is 0 Å². The maximum atomic E-state index is 5.30. The fraction of sp³-hybridized carbons (Fsp3) is 1.00. The molecule has 0 spiro atoms. The van der Waals surface area contributed by atoms with Gasteiger partial charge in [0.25, 0.3) is 0 Å². The first kappa shape index (κ1) is 67.4. The smallest absolute Gasteiger partial charge is 0.183 e. The second-order valence-electron chi connectivity index (χ2n) is 16.8. The second kappa shape index (κ2) is 50.0. The molecule has 0 rings (SSSR count). The van der Waals surface area contributed by atoms with Gasteiger partial charge >= 0.3 is 0 Å². The summed E-state index contributed by atoms with van der Waals surface area (Å²) in [4.78, 5) is 9.60. The molecule has 0 aromatic heterocycles. The van der Waals surface area contributed by atoms with E-state index < -0.39 is 0 Å². The third-order valence-corrected chi connectivity index (χ3v) is 5.48. The van der Waals surface area contributed by atoms with Gasteiger partial charge in [-0.1, -0.05) is 27.7 Å². The Bertz CT molecular complexity index is 693. The molecular formula is C43H99N3O13. The Balaban J connectivity index is -0.000000207. The van der Waals surface area contributed by atoms with Gasteiger partial charge in [-0.15, -0.1) is 0 Å². The molecule has 0 bridgehead atoms. The number of rotatable bonds is 32. The van der Waals surface area contributed by atoms with Crippen molar-refractivity contribution < 1.29 is 61.9 Å². The second-order valence-corrected chi connectivity index (χ2v) is 16.8. The molecule has 364 valence electrons. The van der Waals surface area contributed by atoms with Crippen LogP contribution >= 0.6 is 0 Å². The molecule has 0 aliphatic heterocycles. The van der Waals surface area contributed by atoms with Crippen LogP contribution in [0.2, 0.25) is 0 Å². The third kappa shape index (κ3) is 93.5. The van der Waals surface area contributed by atoms with Crippen LogP contribution in [0.3, 0.4) is 0 Å². The van der Waals surface area contributed by atoms with Crippen molar-refractivity contribution in [1.29, 1.82) is 0 Å². The van der Waals surface area contributed by atoms with Gasteiger partial charge in [-0.3, -0.25) is 16.0 Å². The molecular weight excluding hydrogens is 766 g/mol. The Morgan fingerprint density at radius 2 is 0.678 bits per heavy atom. The van der Waals surface area contributed by atoms with E-state index in [1.165, 1.54) is 0 Å². The molecule has 59 heavy (non-hydrogen) atoms. The lowest BCUT2D eigenvalue weighted by atomic mass is 10.2. The van der Waals surface area contributed by atoms with Crippen molar-refractivity contribution >= 4 is 0 Å². The minimum Gasteiger partial charge on any atom is -0.364 e. The Hall–Kier alpha value is -0.640. The molecule has 0 fully saturated rings. The van der Waals surface area contributed by atoms with Crippen LogP contribution in [-0.4, -0.2) is 129 Å². The zero-order valence-electron chi connectivity index (χ0n) is 42.0. The predicted octanol–water partition coefficient (Wildman–Crippen LogP) is 8.38. The molecule has 0 aliphatic rings. The summed E-state index contributed by atoms with van der Waals surface area (Å²) >= 11 is 0. The Morgan fingerprint density at radius 3 is 1.02 bits per heavy atom. The Labute approximate surface area is 363 Å². The van der Waals surface area contributed by atoms with Gasteiger partial charge in [0.1, 0.15) is 33.9 Å². The Morgan fingerprint density at radius 1 is 0.339 bits per heavy atom. The molecule has 0 aromatic carbocycles. The number of hydrogen-bond acceptors (Lipinski definition) is 16. The van der Waals surface area contributed by atoms with Crippen molar-refractivity contribution in [2.75, 3.05) is 80.8 Å². The van der Waals surface area contributed by atoms with E-state index in [1.54, 1.807) is 0 Å².